The summed E-state index contributed by atoms with van der Waals surface area (Å²) in [5.74, 6) is -0.805. The van der Waals surface area contributed by atoms with Gasteiger partial charge in [0, 0.05) is 12.7 Å². The van der Waals surface area contributed by atoms with Crippen LogP contribution in [0.1, 0.15) is 13.3 Å². The van der Waals surface area contributed by atoms with E-state index in [2.05, 4.69) is 9.73 Å². The van der Waals surface area contributed by atoms with E-state index in [1.54, 1.807) is 17.6 Å². The summed E-state index contributed by atoms with van der Waals surface area (Å²) >= 11 is 1.15. The molecule has 0 N–H and O–H groups in total. The molecule has 1 amide bonds. The number of hydrogen-bond acceptors (Lipinski definition) is 6. The van der Waals surface area contributed by atoms with Crippen LogP contribution in [-0.2, 0) is 30.7 Å². The minimum Gasteiger partial charge on any atom is -0.468 e. The van der Waals surface area contributed by atoms with E-state index in [4.69, 9.17) is 0 Å². The molecule has 1 aromatic carbocycles. The molecule has 0 aliphatic carbocycles. The number of sulfone groups is 1. The molecule has 0 saturated carbocycles. The lowest BCUT2D eigenvalue weighted by Crippen LogP contribution is -2.22. The Morgan fingerprint density at radius 1 is 1.35 bits per heavy atom. The zero-order chi connectivity index (χ0) is 17.2. The molecule has 0 saturated heterocycles. The van der Waals surface area contributed by atoms with Crippen molar-refractivity contribution < 1.29 is 22.7 Å². The highest BCUT2D eigenvalue weighted by Gasteiger charge is 2.14. The summed E-state index contributed by atoms with van der Waals surface area (Å²) in [6.07, 6.45) is 1.36. The number of carbonyl (C=O) groups excluding carboxylic acids is 2. The molecule has 124 valence electrons. The lowest BCUT2D eigenvalue weighted by atomic mass is 10.3. The number of rotatable bonds is 4. The van der Waals surface area contributed by atoms with E-state index in [1.807, 2.05) is 0 Å². The summed E-state index contributed by atoms with van der Waals surface area (Å²) in [5.41, 5.74) is 0.621. The summed E-state index contributed by atoms with van der Waals surface area (Å²) < 4.78 is 30.2. The number of carbonyl (C=O) groups is 2. The maximum absolute atomic E-state index is 11.7. The Hall–Kier alpha value is -2.00. The molecule has 0 atom stereocenters. The Morgan fingerprint density at radius 2 is 2.04 bits per heavy atom. The molecule has 1 heterocycles. The van der Waals surface area contributed by atoms with Gasteiger partial charge in [-0.25, -0.2) is 8.42 Å². The fraction of sp³-hybridized carbons (Fsp3) is 0.357. The molecule has 9 heteroatoms. The molecule has 2 rings (SSSR count). The second-order valence-corrected chi connectivity index (χ2v) is 7.83. The molecule has 0 fully saturated rings. The van der Waals surface area contributed by atoms with Gasteiger partial charge < -0.3 is 9.30 Å². The lowest BCUT2D eigenvalue weighted by molar-refractivity contribution is -0.141. The van der Waals surface area contributed by atoms with Crippen LogP contribution in [0, 0.1) is 0 Å². The molecule has 0 radical (unpaired) electrons. The van der Waals surface area contributed by atoms with Crippen molar-refractivity contribution in [1.82, 2.24) is 4.57 Å². The number of nitrogens with zero attached hydrogens (tertiary/aromatic N) is 2. The van der Waals surface area contributed by atoms with Gasteiger partial charge in [0.25, 0.3) is 0 Å². The van der Waals surface area contributed by atoms with Gasteiger partial charge in [-0.2, -0.15) is 4.99 Å². The molecule has 0 unspecified atom stereocenters. The molecule has 7 nitrogen and oxygen atoms in total. The molecule has 0 aliphatic rings. The number of aromatic nitrogens is 1. The topological polar surface area (TPSA) is 94.8 Å². The number of amides is 1. The highest BCUT2D eigenvalue weighted by molar-refractivity contribution is 7.90. The van der Waals surface area contributed by atoms with Gasteiger partial charge in [0.15, 0.2) is 14.6 Å². The monoisotopic (exact) mass is 356 g/mol. The average Bonchev–Trinajstić information content (AvgIpc) is 2.82. The molecule has 1 aromatic heterocycles. The molecule has 0 aliphatic heterocycles. The van der Waals surface area contributed by atoms with Crippen LogP contribution < -0.4 is 4.80 Å². The van der Waals surface area contributed by atoms with Gasteiger partial charge in [0.1, 0.15) is 6.54 Å². The zero-order valence-electron chi connectivity index (χ0n) is 12.9. The summed E-state index contributed by atoms with van der Waals surface area (Å²) in [5, 5.41) is 0. The van der Waals surface area contributed by atoms with Crippen molar-refractivity contribution in [1.29, 1.82) is 0 Å². The lowest BCUT2D eigenvalue weighted by Gasteiger charge is -2.04. The maximum Gasteiger partial charge on any atom is 0.325 e. The Bertz CT molecular complexity index is 938. The minimum atomic E-state index is -3.35. The predicted octanol–water partition coefficient (Wildman–Crippen LogP) is 1.12. The Kier molecular flexibility index (Phi) is 5.00. The number of benzene rings is 1. The van der Waals surface area contributed by atoms with Gasteiger partial charge in [0.05, 0.1) is 22.2 Å². The first-order chi connectivity index (χ1) is 10.8. The smallest absolute Gasteiger partial charge is 0.325 e. The Labute approximate surface area is 137 Å². The fourth-order valence-corrected chi connectivity index (χ4v) is 3.71. The van der Waals surface area contributed by atoms with Gasteiger partial charge >= 0.3 is 5.97 Å². The van der Waals surface area contributed by atoms with Crippen molar-refractivity contribution in [3.63, 3.8) is 0 Å². The van der Waals surface area contributed by atoms with Crippen LogP contribution in [0.4, 0.5) is 0 Å². The molecule has 0 bridgehead atoms. The number of hydrogen-bond donors (Lipinski definition) is 0. The van der Waals surface area contributed by atoms with E-state index in [1.165, 1.54) is 19.2 Å². The van der Waals surface area contributed by atoms with E-state index < -0.39 is 15.8 Å². The van der Waals surface area contributed by atoms with Crippen LogP contribution in [0.5, 0.6) is 0 Å². The number of methoxy groups -OCH3 is 1. The summed E-state index contributed by atoms with van der Waals surface area (Å²) in [6.45, 7) is 1.58. The third-order valence-corrected chi connectivity index (χ3v) is 5.27. The van der Waals surface area contributed by atoms with Crippen LogP contribution >= 0.6 is 11.3 Å². The number of ether oxygens (including phenoxy) is 1. The minimum absolute atomic E-state index is 0.107. The average molecular weight is 356 g/mol. The first kappa shape index (κ1) is 17.4. The SMILES string of the molecule is CCC(=O)N=c1sc2cc(S(C)(=O)=O)ccc2n1CC(=O)OC. The molecular weight excluding hydrogens is 340 g/mol. The molecule has 0 spiro atoms. The van der Waals surface area contributed by atoms with Gasteiger partial charge in [-0.15, -0.1) is 0 Å². The normalized spacial score (nSPS) is 12.6. The van der Waals surface area contributed by atoms with E-state index >= 15 is 0 Å². The van der Waals surface area contributed by atoms with E-state index in [-0.39, 0.29) is 23.8 Å². The molecule has 23 heavy (non-hydrogen) atoms. The highest BCUT2D eigenvalue weighted by atomic mass is 32.2. The fourth-order valence-electron chi connectivity index (χ4n) is 1.90. The highest BCUT2D eigenvalue weighted by Crippen LogP contribution is 2.22. The van der Waals surface area contributed by atoms with Gasteiger partial charge in [-0.05, 0) is 18.2 Å². The first-order valence-electron chi connectivity index (χ1n) is 6.74. The van der Waals surface area contributed by atoms with Crippen molar-refractivity contribution in [2.24, 2.45) is 4.99 Å². The maximum atomic E-state index is 11.7. The number of thiazole rings is 1. The van der Waals surface area contributed by atoms with Crippen molar-refractivity contribution in [2.75, 3.05) is 13.4 Å². The van der Waals surface area contributed by atoms with Crippen LogP contribution in [0.2, 0.25) is 0 Å². The number of fused-ring (bicyclic) bond motifs is 1. The number of esters is 1. The van der Waals surface area contributed by atoms with Crippen LogP contribution in [-0.4, -0.2) is 38.2 Å². The summed E-state index contributed by atoms with van der Waals surface area (Å²) in [6, 6.07) is 4.57. The van der Waals surface area contributed by atoms with Crippen molar-refractivity contribution in [3.05, 3.63) is 23.0 Å². The first-order valence-corrected chi connectivity index (χ1v) is 9.45. The molecule has 2 aromatic rings. The summed E-state index contributed by atoms with van der Waals surface area (Å²) in [4.78, 5) is 27.7. The largest absolute Gasteiger partial charge is 0.468 e. The van der Waals surface area contributed by atoms with Gasteiger partial charge in [-0.3, -0.25) is 9.59 Å². The standard InChI is InChI=1S/C14H16N2O5S2/c1-4-12(17)15-14-16(8-13(18)21-2)10-6-5-9(23(3,19)20)7-11(10)22-14/h5-7H,4,8H2,1-3H3. The van der Waals surface area contributed by atoms with Crippen LogP contribution in [0.15, 0.2) is 28.1 Å². The second-order valence-electron chi connectivity index (χ2n) is 4.81. The zero-order valence-corrected chi connectivity index (χ0v) is 14.5. The van der Waals surface area contributed by atoms with E-state index in [9.17, 15) is 18.0 Å². The van der Waals surface area contributed by atoms with Gasteiger partial charge in [0.2, 0.25) is 5.91 Å². The van der Waals surface area contributed by atoms with E-state index in [0.717, 1.165) is 17.6 Å². The van der Waals surface area contributed by atoms with Crippen LogP contribution in [0.25, 0.3) is 10.2 Å². The van der Waals surface area contributed by atoms with Crippen molar-refractivity contribution >= 4 is 43.3 Å². The third kappa shape index (κ3) is 3.85. The Morgan fingerprint density at radius 3 is 2.61 bits per heavy atom. The van der Waals surface area contributed by atoms with Crippen molar-refractivity contribution in [3.8, 4) is 0 Å². The molecular formula is C14H16N2O5S2. The van der Waals surface area contributed by atoms with Gasteiger partial charge in [-0.1, -0.05) is 18.3 Å². The quantitative estimate of drug-likeness (QED) is 0.765. The van der Waals surface area contributed by atoms with Crippen molar-refractivity contribution in [2.45, 2.75) is 24.8 Å². The predicted molar refractivity (Wildman–Crippen MR) is 85.8 cm³/mol. The van der Waals surface area contributed by atoms with E-state index in [0.29, 0.717) is 15.0 Å². The second kappa shape index (κ2) is 6.63. The third-order valence-electron chi connectivity index (χ3n) is 3.12. The van der Waals surface area contributed by atoms with Crippen LogP contribution in [0.3, 0.4) is 0 Å². The Balaban J connectivity index is 2.72. The summed E-state index contributed by atoms with van der Waals surface area (Å²) in [7, 11) is -2.07.